The Morgan fingerprint density at radius 3 is 2.31 bits per heavy atom. The molecule has 29 heavy (non-hydrogen) atoms. The number of rotatable bonds is 4. The summed E-state index contributed by atoms with van der Waals surface area (Å²) in [5, 5.41) is 0. The molecule has 0 aliphatic carbocycles. The highest BCUT2D eigenvalue weighted by Crippen LogP contribution is 2.46. The molecule has 4 rings (SSSR count). The van der Waals surface area contributed by atoms with Gasteiger partial charge in [-0.15, -0.1) is 0 Å². The Morgan fingerprint density at radius 1 is 1.00 bits per heavy atom. The Balaban J connectivity index is 2.08. The van der Waals surface area contributed by atoms with Crippen molar-refractivity contribution in [3.05, 3.63) is 60.6 Å². The SMILES string of the molecule is COc1cc(C2c3c(nc[nH]c3=O)Oc3[nH]c(=S)[nH]c(=O)c32)cc(OC)c1OC. The van der Waals surface area contributed by atoms with Crippen LogP contribution in [0.25, 0.3) is 0 Å². The lowest BCUT2D eigenvalue weighted by Gasteiger charge is -2.26. The van der Waals surface area contributed by atoms with Crippen LogP contribution in [0.1, 0.15) is 22.6 Å². The van der Waals surface area contributed by atoms with Crippen molar-refractivity contribution in [3.8, 4) is 29.0 Å². The van der Waals surface area contributed by atoms with Crippen molar-refractivity contribution in [1.29, 1.82) is 0 Å². The van der Waals surface area contributed by atoms with Crippen LogP contribution in [0.4, 0.5) is 0 Å². The molecule has 0 radical (unpaired) electrons. The van der Waals surface area contributed by atoms with Crippen LogP contribution in [0.15, 0.2) is 28.0 Å². The van der Waals surface area contributed by atoms with E-state index in [0.29, 0.717) is 22.8 Å². The third-order valence-corrected chi connectivity index (χ3v) is 4.80. The summed E-state index contributed by atoms with van der Waals surface area (Å²) in [7, 11) is 4.44. The fourth-order valence-electron chi connectivity index (χ4n) is 3.39. The molecular weight excluding hydrogens is 400 g/mol. The average Bonchev–Trinajstić information content (AvgIpc) is 2.71. The molecule has 1 aromatic carbocycles. The Morgan fingerprint density at radius 2 is 1.69 bits per heavy atom. The standard InChI is InChI=1S/C18H16N4O6S/c1-25-8-4-7(5-9(26-2)13(8)27-3)10-11-14(23)19-6-20-16(11)28-17-12(10)15(24)21-18(29)22-17/h4-6,10H,1-3H3,(H,19,20,23)(H2,21,22,24,29). The van der Waals surface area contributed by atoms with Crippen LogP contribution in [0.2, 0.25) is 0 Å². The molecule has 3 aromatic rings. The third-order valence-electron chi connectivity index (χ3n) is 4.59. The molecule has 11 heteroatoms. The minimum Gasteiger partial charge on any atom is -0.493 e. The fourth-order valence-corrected chi connectivity index (χ4v) is 3.58. The number of fused-ring (bicyclic) bond motifs is 2. The summed E-state index contributed by atoms with van der Waals surface area (Å²) in [5.41, 5.74) is -0.0401. The molecule has 3 N–H and O–H groups in total. The molecule has 0 saturated heterocycles. The van der Waals surface area contributed by atoms with Gasteiger partial charge in [-0.3, -0.25) is 14.6 Å². The fraction of sp³-hybridized carbons (Fsp3) is 0.222. The van der Waals surface area contributed by atoms with Crippen LogP contribution >= 0.6 is 12.2 Å². The maximum absolute atomic E-state index is 12.8. The monoisotopic (exact) mass is 416 g/mol. The second kappa shape index (κ2) is 7.09. The van der Waals surface area contributed by atoms with E-state index in [2.05, 4.69) is 19.9 Å². The zero-order chi connectivity index (χ0) is 20.7. The number of nitrogens with zero attached hydrogens (tertiary/aromatic N) is 1. The maximum Gasteiger partial charge on any atom is 0.259 e. The normalized spacial score (nSPS) is 14.4. The van der Waals surface area contributed by atoms with Crippen molar-refractivity contribution < 1.29 is 18.9 Å². The molecule has 1 atom stereocenters. The van der Waals surface area contributed by atoms with Gasteiger partial charge in [0.05, 0.1) is 44.7 Å². The Bertz CT molecular complexity index is 1250. The number of hydrogen-bond donors (Lipinski definition) is 3. The van der Waals surface area contributed by atoms with Gasteiger partial charge in [0.15, 0.2) is 16.3 Å². The van der Waals surface area contributed by atoms with E-state index in [1.807, 2.05) is 0 Å². The van der Waals surface area contributed by atoms with E-state index in [1.165, 1.54) is 27.7 Å². The Kier molecular flexibility index (Phi) is 4.59. The molecule has 1 unspecified atom stereocenters. The van der Waals surface area contributed by atoms with E-state index in [4.69, 9.17) is 31.2 Å². The van der Waals surface area contributed by atoms with E-state index in [-0.39, 0.29) is 27.7 Å². The molecule has 0 fully saturated rings. The van der Waals surface area contributed by atoms with E-state index in [1.54, 1.807) is 12.1 Å². The third kappa shape index (κ3) is 2.95. The van der Waals surface area contributed by atoms with Gasteiger partial charge in [0.1, 0.15) is 0 Å². The second-order valence-electron chi connectivity index (χ2n) is 6.10. The van der Waals surface area contributed by atoms with Crippen molar-refractivity contribution in [3.63, 3.8) is 0 Å². The first-order chi connectivity index (χ1) is 14.0. The second-order valence-corrected chi connectivity index (χ2v) is 6.50. The molecule has 150 valence electrons. The highest BCUT2D eigenvalue weighted by atomic mass is 32.1. The molecule has 1 aliphatic heterocycles. The topological polar surface area (TPSA) is 131 Å². The molecule has 0 amide bonds. The van der Waals surface area contributed by atoms with Crippen LogP contribution in [0, 0.1) is 4.77 Å². The number of aromatic amines is 3. The van der Waals surface area contributed by atoms with Gasteiger partial charge >= 0.3 is 0 Å². The molecule has 1 aliphatic rings. The average molecular weight is 416 g/mol. The first-order valence-electron chi connectivity index (χ1n) is 8.40. The molecule has 2 aromatic heterocycles. The molecule has 10 nitrogen and oxygen atoms in total. The lowest BCUT2D eigenvalue weighted by molar-refractivity contribution is 0.323. The zero-order valence-electron chi connectivity index (χ0n) is 15.6. The molecule has 0 saturated carbocycles. The van der Waals surface area contributed by atoms with Crippen LogP contribution in [-0.4, -0.2) is 41.3 Å². The van der Waals surface area contributed by atoms with Crippen LogP contribution in [0.3, 0.4) is 0 Å². The minimum atomic E-state index is -0.824. The number of benzene rings is 1. The summed E-state index contributed by atoms with van der Waals surface area (Å²) in [6.07, 6.45) is 1.22. The van der Waals surface area contributed by atoms with Crippen molar-refractivity contribution in [2.45, 2.75) is 5.92 Å². The smallest absolute Gasteiger partial charge is 0.259 e. The number of hydrogen-bond acceptors (Lipinski definition) is 8. The van der Waals surface area contributed by atoms with Gasteiger partial charge < -0.3 is 28.9 Å². The highest BCUT2D eigenvalue weighted by molar-refractivity contribution is 7.71. The van der Waals surface area contributed by atoms with E-state index in [0.717, 1.165) is 0 Å². The summed E-state index contributed by atoms with van der Waals surface area (Å²) in [4.78, 5) is 37.4. The molecule has 3 heterocycles. The number of aromatic nitrogens is 4. The lowest BCUT2D eigenvalue weighted by atomic mass is 9.85. The van der Waals surface area contributed by atoms with Crippen molar-refractivity contribution in [2.24, 2.45) is 0 Å². The molecule has 0 spiro atoms. The van der Waals surface area contributed by atoms with Crippen molar-refractivity contribution in [1.82, 2.24) is 19.9 Å². The lowest BCUT2D eigenvalue weighted by Crippen LogP contribution is -2.29. The number of ether oxygens (including phenoxy) is 4. The van der Waals surface area contributed by atoms with Crippen LogP contribution in [-0.2, 0) is 0 Å². The largest absolute Gasteiger partial charge is 0.493 e. The van der Waals surface area contributed by atoms with E-state index in [9.17, 15) is 9.59 Å². The maximum atomic E-state index is 12.8. The minimum absolute atomic E-state index is 0.0660. The Labute approximate surface area is 168 Å². The number of methoxy groups -OCH3 is 3. The zero-order valence-corrected chi connectivity index (χ0v) is 16.4. The van der Waals surface area contributed by atoms with Gasteiger partial charge in [0, 0.05) is 0 Å². The summed E-state index contributed by atoms with van der Waals surface area (Å²) >= 11 is 5.04. The van der Waals surface area contributed by atoms with E-state index < -0.39 is 17.0 Å². The first kappa shape index (κ1) is 18.7. The van der Waals surface area contributed by atoms with Crippen LogP contribution < -0.4 is 30.1 Å². The summed E-state index contributed by atoms with van der Waals surface area (Å²) in [5.74, 6) is 0.483. The molecule has 0 bridgehead atoms. The van der Waals surface area contributed by atoms with Gasteiger partial charge in [-0.05, 0) is 29.9 Å². The van der Waals surface area contributed by atoms with Crippen LogP contribution in [0.5, 0.6) is 29.0 Å². The quantitative estimate of drug-likeness (QED) is 0.430. The van der Waals surface area contributed by atoms with Gasteiger partial charge in [0.2, 0.25) is 17.5 Å². The van der Waals surface area contributed by atoms with Gasteiger partial charge in [-0.1, -0.05) is 0 Å². The van der Waals surface area contributed by atoms with Crippen molar-refractivity contribution in [2.75, 3.05) is 21.3 Å². The number of H-pyrrole nitrogens is 3. The van der Waals surface area contributed by atoms with Gasteiger partial charge in [0.25, 0.3) is 11.1 Å². The van der Waals surface area contributed by atoms with Gasteiger partial charge in [-0.2, -0.15) is 0 Å². The summed E-state index contributed by atoms with van der Waals surface area (Å²) in [6, 6.07) is 3.33. The number of nitrogens with one attached hydrogen (secondary N) is 3. The van der Waals surface area contributed by atoms with E-state index >= 15 is 0 Å². The van der Waals surface area contributed by atoms with Crippen molar-refractivity contribution >= 4 is 12.2 Å². The first-order valence-corrected chi connectivity index (χ1v) is 8.81. The summed E-state index contributed by atoms with van der Waals surface area (Å²) < 4.78 is 22.0. The highest BCUT2D eigenvalue weighted by Gasteiger charge is 2.36. The predicted octanol–water partition coefficient (Wildman–Crippen LogP) is 1.83. The van der Waals surface area contributed by atoms with Gasteiger partial charge in [-0.25, -0.2) is 4.98 Å². The Hall–Kier alpha value is -3.60. The predicted molar refractivity (Wildman–Crippen MR) is 104 cm³/mol. The summed E-state index contributed by atoms with van der Waals surface area (Å²) in [6.45, 7) is 0. The molecular formula is C18H16N4O6S.